The molecule has 128 valence electrons. The number of carbonyl (C=O) groups is 1. The van der Waals surface area contributed by atoms with Gasteiger partial charge in [0.05, 0.1) is 6.61 Å². The van der Waals surface area contributed by atoms with Crippen LogP contribution in [0.4, 0.5) is 0 Å². The van der Waals surface area contributed by atoms with Gasteiger partial charge in [0.15, 0.2) is 0 Å². The lowest BCUT2D eigenvalue weighted by atomic mass is 10.1. The first-order chi connectivity index (χ1) is 11.7. The standard InChI is InChI=1S/C19H23NO4/c1-2-22-19(21)18(20)11-16-8-9-17(24-16)12-23-15-7-6-13-4-3-5-14(13)10-15/h6-10,18H,2-5,11-12,20H2,1H3. The molecule has 0 fully saturated rings. The zero-order chi connectivity index (χ0) is 16.9. The van der Waals surface area contributed by atoms with Crippen molar-refractivity contribution in [2.24, 2.45) is 5.73 Å². The summed E-state index contributed by atoms with van der Waals surface area (Å²) in [5.74, 6) is 1.81. The lowest BCUT2D eigenvalue weighted by Gasteiger charge is -2.09. The lowest BCUT2D eigenvalue weighted by molar-refractivity contribution is -0.144. The minimum Gasteiger partial charge on any atom is -0.486 e. The highest BCUT2D eigenvalue weighted by atomic mass is 16.5. The second kappa shape index (κ2) is 7.53. The number of aryl methyl sites for hydroxylation is 2. The molecule has 24 heavy (non-hydrogen) atoms. The van der Waals surface area contributed by atoms with E-state index in [9.17, 15) is 4.79 Å². The van der Waals surface area contributed by atoms with Crippen molar-refractivity contribution in [3.63, 3.8) is 0 Å². The van der Waals surface area contributed by atoms with Gasteiger partial charge in [0.2, 0.25) is 0 Å². The van der Waals surface area contributed by atoms with Crippen LogP contribution in [-0.4, -0.2) is 18.6 Å². The minimum absolute atomic E-state index is 0.317. The Morgan fingerprint density at radius 2 is 2.00 bits per heavy atom. The van der Waals surface area contributed by atoms with Crippen LogP contribution in [0, 0.1) is 0 Å². The van der Waals surface area contributed by atoms with Gasteiger partial charge in [-0.05, 0) is 61.6 Å². The largest absolute Gasteiger partial charge is 0.486 e. The van der Waals surface area contributed by atoms with Crippen LogP contribution in [0.3, 0.4) is 0 Å². The maximum absolute atomic E-state index is 11.5. The van der Waals surface area contributed by atoms with Crippen molar-refractivity contribution in [3.05, 3.63) is 53.0 Å². The molecule has 5 heteroatoms. The van der Waals surface area contributed by atoms with Gasteiger partial charge in [0, 0.05) is 6.42 Å². The molecule has 2 aromatic rings. The van der Waals surface area contributed by atoms with Gasteiger partial charge in [-0.3, -0.25) is 4.79 Å². The molecule has 0 saturated carbocycles. The summed E-state index contributed by atoms with van der Waals surface area (Å²) in [6, 6.07) is 9.22. The number of fused-ring (bicyclic) bond motifs is 1. The molecule has 1 heterocycles. The maximum atomic E-state index is 11.5. The van der Waals surface area contributed by atoms with E-state index in [2.05, 4.69) is 12.1 Å². The van der Waals surface area contributed by atoms with E-state index in [0.29, 0.717) is 31.2 Å². The quantitative estimate of drug-likeness (QED) is 0.791. The summed E-state index contributed by atoms with van der Waals surface area (Å²) in [7, 11) is 0. The number of hydrogen-bond donors (Lipinski definition) is 1. The lowest BCUT2D eigenvalue weighted by Crippen LogP contribution is -2.34. The number of hydrogen-bond acceptors (Lipinski definition) is 5. The Bertz CT molecular complexity index is 707. The molecule has 3 rings (SSSR count). The number of rotatable bonds is 7. The van der Waals surface area contributed by atoms with Crippen molar-refractivity contribution in [2.45, 2.75) is 45.3 Å². The average molecular weight is 329 g/mol. The summed E-state index contributed by atoms with van der Waals surface area (Å²) in [6.07, 6.45) is 3.83. The zero-order valence-electron chi connectivity index (χ0n) is 13.9. The van der Waals surface area contributed by atoms with Crippen LogP contribution in [0.15, 0.2) is 34.7 Å². The molecule has 1 aromatic carbocycles. The van der Waals surface area contributed by atoms with E-state index < -0.39 is 12.0 Å². The fourth-order valence-corrected chi connectivity index (χ4v) is 2.95. The van der Waals surface area contributed by atoms with E-state index in [-0.39, 0.29) is 0 Å². The molecule has 0 saturated heterocycles. The van der Waals surface area contributed by atoms with Crippen molar-refractivity contribution in [1.82, 2.24) is 0 Å². The molecule has 0 amide bonds. The van der Waals surface area contributed by atoms with Gasteiger partial charge in [0.25, 0.3) is 0 Å². The third kappa shape index (κ3) is 3.97. The zero-order valence-corrected chi connectivity index (χ0v) is 13.9. The highest BCUT2D eigenvalue weighted by Gasteiger charge is 2.17. The first-order valence-corrected chi connectivity index (χ1v) is 8.40. The first kappa shape index (κ1) is 16.6. The molecule has 1 atom stereocenters. The average Bonchev–Trinajstić information content (AvgIpc) is 3.21. The molecule has 0 bridgehead atoms. The van der Waals surface area contributed by atoms with Gasteiger partial charge in [-0.25, -0.2) is 0 Å². The normalized spacial score (nSPS) is 14.2. The van der Waals surface area contributed by atoms with E-state index in [1.54, 1.807) is 6.92 Å². The van der Waals surface area contributed by atoms with Gasteiger partial charge in [0.1, 0.15) is 29.9 Å². The van der Waals surface area contributed by atoms with Crippen molar-refractivity contribution in [1.29, 1.82) is 0 Å². The monoisotopic (exact) mass is 329 g/mol. The Kier molecular flexibility index (Phi) is 5.20. The van der Waals surface area contributed by atoms with E-state index in [4.69, 9.17) is 19.6 Å². The summed E-state index contributed by atoms with van der Waals surface area (Å²) in [5, 5.41) is 0. The Morgan fingerprint density at radius 3 is 2.83 bits per heavy atom. The Balaban J connectivity index is 1.53. The van der Waals surface area contributed by atoms with Crippen LogP contribution in [0.5, 0.6) is 5.75 Å². The molecule has 0 radical (unpaired) electrons. The predicted octanol–water partition coefficient (Wildman–Crippen LogP) is 2.78. The fourth-order valence-electron chi connectivity index (χ4n) is 2.95. The summed E-state index contributed by atoms with van der Waals surface area (Å²) in [4.78, 5) is 11.5. The topological polar surface area (TPSA) is 74.7 Å². The maximum Gasteiger partial charge on any atom is 0.323 e. The van der Waals surface area contributed by atoms with E-state index in [1.807, 2.05) is 18.2 Å². The second-order valence-electron chi connectivity index (χ2n) is 6.00. The summed E-state index contributed by atoms with van der Waals surface area (Å²) in [6.45, 7) is 2.43. The third-order valence-corrected chi connectivity index (χ3v) is 4.18. The first-order valence-electron chi connectivity index (χ1n) is 8.40. The molecule has 0 aliphatic heterocycles. The van der Waals surface area contributed by atoms with Gasteiger partial charge in [-0.15, -0.1) is 0 Å². The van der Waals surface area contributed by atoms with Crippen LogP contribution in [-0.2, 0) is 35.4 Å². The number of ether oxygens (including phenoxy) is 2. The van der Waals surface area contributed by atoms with E-state index in [1.165, 1.54) is 17.5 Å². The number of benzene rings is 1. The van der Waals surface area contributed by atoms with Gasteiger partial charge in [-0.2, -0.15) is 0 Å². The van der Waals surface area contributed by atoms with Crippen molar-refractivity contribution < 1.29 is 18.7 Å². The highest BCUT2D eigenvalue weighted by molar-refractivity contribution is 5.75. The fraction of sp³-hybridized carbons (Fsp3) is 0.421. The van der Waals surface area contributed by atoms with Gasteiger partial charge >= 0.3 is 5.97 Å². The van der Waals surface area contributed by atoms with Crippen LogP contribution in [0.25, 0.3) is 0 Å². The molecular formula is C19H23NO4. The van der Waals surface area contributed by atoms with Crippen molar-refractivity contribution in [3.8, 4) is 5.75 Å². The Hall–Kier alpha value is -2.27. The summed E-state index contributed by atoms with van der Waals surface area (Å²) in [5.41, 5.74) is 8.60. The SMILES string of the molecule is CCOC(=O)C(N)Cc1ccc(COc2ccc3c(c2)CCC3)o1. The van der Waals surface area contributed by atoms with Crippen LogP contribution in [0.1, 0.15) is 36.0 Å². The van der Waals surface area contributed by atoms with Gasteiger partial charge < -0.3 is 19.6 Å². The highest BCUT2D eigenvalue weighted by Crippen LogP contribution is 2.26. The molecular weight excluding hydrogens is 306 g/mol. The third-order valence-electron chi connectivity index (χ3n) is 4.18. The smallest absolute Gasteiger partial charge is 0.323 e. The van der Waals surface area contributed by atoms with Gasteiger partial charge in [-0.1, -0.05) is 6.07 Å². The Morgan fingerprint density at radius 1 is 1.21 bits per heavy atom. The minimum atomic E-state index is -0.707. The number of nitrogens with two attached hydrogens (primary N) is 1. The molecule has 0 spiro atoms. The summed E-state index contributed by atoms with van der Waals surface area (Å²) >= 11 is 0. The Labute approximate surface area is 141 Å². The second-order valence-corrected chi connectivity index (χ2v) is 6.00. The van der Waals surface area contributed by atoms with Crippen molar-refractivity contribution >= 4 is 5.97 Å². The molecule has 5 nitrogen and oxygen atoms in total. The molecule has 1 unspecified atom stereocenters. The van der Waals surface area contributed by atoms with Crippen LogP contribution in [0.2, 0.25) is 0 Å². The summed E-state index contributed by atoms with van der Waals surface area (Å²) < 4.78 is 16.4. The number of furan rings is 1. The predicted molar refractivity (Wildman–Crippen MR) is 89.8 cm³/mol. The van der Waals surface area contributed by atoms with E-state index in [0.717, 1.165) is 18.6 Å². The van der Waals surface area contributed by atoms with Crippen LogP contribution >= 0.6 is 0 Å². The molecule has 1 aliphatic rings. The number of esters is 1. The molecule has 1 aliphatic carbocycles. The molecule has 2 N–H and O–H groups in total. The van der Waals surface area contributed by atoms with Crippen LogP contribution < -0.4 is 10.5 Å². The molecule has 1 aromatic heterocycles. The number of carbonyl (C=O) groups excluding carboxylic acids is 1. The van der Waals surface area contributed by atoms with E-state index >= 15 is 0 Å². The van der Waals surface area contributed by atoms with Crippen molar-refractivity contribution in [2.75, 3.05) is 6.61 Å².